The standard InChI is InChI=1S/C12H17NO7S/c1-3-10(14)13-6-11(15)18-9-4-7-8(20-21(16)17)5-12(9,2)19-7/h3,7-9H,1,4-6H2,2H3,(H,13,14)(H,16,17). The molecular formula is C12H17NO7S. The molecule has 0 radical (unpaired) electrons. The summed E-state index contributed by atoms with van der Waals surface area (Å²) in [5, 5.41) is 2.33. The second kappa shape index (κ2) is 6.22. The zero-order valence-corrected chi connectivity index (χ0v) is 12.3. The van der Waals surface area contributed by atoms with Crippen molar-refractivity contribution in [2.24, 2.45) is 0 Å². The van der Waals surface area contributed by atoms with E-state index in [2.05, 4.69) is 11.9 Å². The van der Waals surface area contributed by atoms with E-state index in [0.29, 0.717) is 12.8 Å². The zero-order chi connectivity index (χ0) is 15.6. The van der Waals surface area contributed by atoms with Gasteiger partial charge in [-0.05, 0) is 13.0 Å². The molecule has 5 unspecified atom stereocenters. The summed E-state index contributed by atoms with van der Waals surface area (Å²) < 4.78 is 35.2. The highest BCUT2D eigenvalue weighted by Crippen LogP contribution is 2.46. The molecule has 2 aliphatic rings. The summed E-state index contributed by atoms with van der Waals surface area (Å²) in [5.74, 6) is -1.03. The van der Waals surface area contributed by atoms with Crippen molar-refractivity contribution in [2.45, 2.75) is 43.7 Å². The van der Waals surface area contributed by atoms with Crippen LogP contribution in [0.25, 0.3) is 0 Å². The van der Waals surface area contributed by atoms with Crippen LogP contribution in [0.4, 0.5) is 0 Å². The molecule has 2 N–H and O–H groups in total. The number of amides is 1. The van der Waals surface area contributed by atoms with Gasteiger partial charge in [0, 0.05) is 12.8 Å². The third kappa shape index (κ3) is 3.67. The fourth-order valence-corrected chi connectivity index (χ4v) is 3.08. The highest BCUT2D eigenvalue weighted by Gasteiger charge is 2.58. The summed E-state index contributed by atoms with van der Waals surface area (Å²) in [6.45, 7) is 4.79. The molecule has 0 saturated carbocycles. The van der Waals surface area contributed by atoms with Crippen LogP contribution in [0.2, 0.25) is 0 Å². The van der Waals surface area contributed by atoms with Gasteiger partial charge in [0.25, 0.3) is 0 Å². The summed E-state index contributed by atoms with van der Waals surface area (Å²) in [5.41, 5.74) is -0.743. The lowest BCUT2D eigenvalue weighted by Crippen LogP contribution is -2.44. The van der Waals surface area contributed by atoms with Gasteiger partial charge in [-0.3, -0.25) is 18.3 Å². The van der Waals surface area contributed by atoms with E-state index in [9.17, 15) is 13.8 Å². The lowest BCUT2D eigenvalue weighted by Gasteiger charge is -2.30. The average molecular weight is 319 g/mol. The third-order valence-corrected chi connectivity index (χ3v) is 4.05. The van der Waals surface area contributed by atoms with E-state index in [0.717, 1.165) is 6.08 Å². The first-order valence-corrected chi connectivity index (χ1v) is 7.43. The highest BCUT2D eigenvalue weighted by atomic mass is 32.2. The number of carbonyl (C=O) groups is 2. The number of carbonyl (C=O) groups excluding carboxylic acids is 2. The zero-order valence-electron chi connectivity index (χ0n) is 11.4. The van der Waals surface area contributed by atoms with Crippen LogP contribution in [0, 0.1) is 0 Å². The maximum Gasteiger partial charge on any atom is 0.325 e. The molecule has 2 heterocycles. The van der Waals surface area contributed by atoms with Gasteiger partial charge in [-0.1, -0.05) is 6.58 Å². The van der Waals surface area contributed by atoms with E-state index < -0.39 is 41.0 Å². The molecule has 2 saturated heterocycles. The van der Waals surface area contributed by atoms with Crippen LogP contribution in [0.5, 0.6) is 0 Å². The monoisotopic (exact) mass is 319 g/mol. The Kier molecular flexibility index (Phi) is 4.77. The molecule has 2 aliphatic heterocycles. The summed E-state index contributed by atoms with van der Waals surface area (Å²) in [6.07, 6.45) is 0.470. The molecule has 0 aromatic carbocycles. The predicted octanol–water partition coefficient (Wildman–Crippen LogP) is -0.326. The van der Waals surface area contributed by atoms with Crippen LogP contribution in [-0.4, -0.2) is 51.1 Å². The lowest BCUT2D eigenvalue weighted by molar-refractivity contribution is -0.156. The molecule has 0 aromatic heterocycles. The molecule has 0 aromatic rings. The van der Waals surface area contributed by atoms with Gasteiger partial charge >= 0.3 is 17.3 Å². The van der Waals surface area contributed by atoms with Crippen molar-refractivity contribution >= 4 is 23.2 Å². The normalized spacial score (nSPS) is 35.2. The van der Waals surface area contributed by atoms with Gasteiger partial charge < -0.3 is 14.8 Å². The molecule has 2 fully saturated rings. The first-order valence-electron chi connectivity index (χ1n) is 6.39. The Morgan fingerprint density at radius 2 is 2.33 bits per heavy atom. The van der Waals surface area contributed by atoms with Gasteiger partial charge in [-0.2, -0.15) is 4.21 Å². The van der Waals surface area contributed by atoms with Gasteiger partial charge in [-0.15, -0.1) is 0 Å². The van der Waals surface area contributed by atoms with E-state index >= 15 is 0 Å². The van der Waals surface area contributed by atoms with Crippen LogP contribution in [-0.2, 0) is 34.6 Å². The number of rotatable bonds is 6. The van der Waals surface area contributed by atoms with Crippen LogP contribution >= 0.6 is 0 Å². The van der Waals surface area contributed by atoms with Crippen molar-refractivity contribution in [3.8, 4) is 0 Å². The van der Waals surface area contributed by atoms with Crippen molar-refractivity contribution in [3.63, 3.8) is 0 Å². The molecule has 5 atom stereocenters. The van der Waals surface area contributed by atoms with Gasteiger partial charge in [0.1, 0.15) is 24.4 Å². The van der Waals surface area contributed by atoms with Crippen LogP contribution < -0.4 is 5.32 Å². The molecule has 1 amide bonds. The maximum absolute atomic E-state index is 11.7. The smallest absolute Gasteiger partial charge is 0.325 e. The first-order chi connectivity index (χ1) is 9.84. The minimum Gasteiger partial charge on any atom is -0.458 e. The van der Waals surface area contributed by atoms with E-state index in [-0.39, 0.29) is 12.6 Å². The molecule has 118 valence electrons. The Balaban J connectivity index is 1.85. The lowest BCUT2D eigenvalue weighted by atomic mass is 9.85. The molecule has 9 heteroatoms. The van der Waals surface area contributed by atoms with Gasteiger partial charge in [0.2, 0.25) is 5.91 Å². The van der Waals surface area contributed by atoms with Gasteiger partial charge in [0.05, 0.1) is 6.10 Å². The predicted molar refractivity (Wildman–Crippen MR) is 71.2 cm³/mol. The van der Waals surface area contributed by atoms with Crippen molar-refractivity contribution in [2.75, 3.05) is 6.54 Å². The maximum atomic E-state index is 11.7. The Labute approximate surface area is 124 Å². The van der Waals surface area contributed by atoms with E-state index in [4.69, 9.17) is 18.2 Å². The Morgan fingerprint density at radius 1 is 1.62 bits per heavy atom. The Hall–Kier alpha value is -1.29. The van der Waals surface area contributed by atoms with E-state index in [1.54, 1.807) is 6.92 Å². The number of ether oxygens (including phenoxy) is 2. The van der Waals surface area contributed by atoms with Gasteiger partial charge in [0.15, 0.2) is 0 Å². The van der Waals surface area contributed by atoms with E-state index in [1.807, 2.05) is 0 Å². The van der Waals surface area contributed by atoms with Crippen LogP contribution in [0.15, 0.2) is 12.7 Å². The van der Waals surface area contributed by atoms with Crippen molar-refractivity contribution < 1.29 is 32.0 Å². The van der Waals surface area contributed by atoms with Crippen LogP contribution in [0.3, 0.4) is 0 Å². The molecule has 21 heavy (non-hydrogen) atoms. The summed E-state index contributed by atoms with van der Waals surface area (Å²) >= 11 is -2.35. The first kappa shape index (κ1) is 16.1. The summed E-state index contributed by atoms with van der Waals surface area (Å²) in [7, 11) is 0. The Morgan fingerprint density at radius 3 is 2.86 bits per heavy atom. The summed E-state index contributed by atoms with van der Waals surface area (Å²) in [6, 6.07) is 0. The number of esters is 1. The van der Waals surface area contributed by atoms with Crippen molar-refractivity contribution in [1.29, 1.82) is 0 Å². The SMILES string of the molecule is C=CC(=O)NCC(=O)OC1CC2OC1(C)CC2OS(=O)O. The second-order valence-electron chi connectivity index (χ2n) is 5.16. The Bertz CT molecular complexity index is 482. The van der Waals surface area contributed by atoms with E-state index in [1.165, 1.54) is 0 Å². The minimum atomic E-state index is -2.35. The molecular weight excluding hydrogens is 302 g/mol. The largest absolute Gasteiger partial charge is 0.458 e. The quantitative estimate of drug-likeness (QED) is 0.392. The van der Waals surface area contributed by atoms with Crippen molar-refractivity contribution in [3.05, 3.63) is 12.7 Å². The fourth-order valence-electron chi connectivity index (χ4n) is 2.67. The molecule has 2 rings (SSSR count). The topological polar surface area (TPSA) is 111 Å². The number of hydrogen-bond acceptors (Lipinski definition) is 6. The molecule has 2 bridgehead atoms. The molecule has 8 nitrogen and oxygen atoms in total. The number of fused-ring (bicyclic) bond motifs is 2. The third-order valence-electron chi connectivity index (χ3n) is 3.64. The van der Waals surface area contributed by atoms with Crippen molar-refractivity contribution in [1.82, 2.24) is 5.32 Å². The summed E-state index contributed by atoms with van der Waals surface area (Å²) in [4.78, 5) is 22.6. The number of hydrogen-bond donors (Lipinski definition) is 2. The fraction of sp³-hybridized carbons (Fsp3) is 0.667. The molecule has 0 spiro atoms. The molecule has 0 aliphatic carbocycles. The number of nitrogens with one attached hydrogen (secondary N) is 1. The van der Waals surface area contributed by atoms with Crippen LogP contribution in [0.1, 0.15) is 19.8 Å². The highest BCUT2D eigenvalue weighted by molar-refractivity contribution is 7.74. The average Bonchev–Trinajstić information content (AvgIpc) is 2.87. The minimum absolute atomic E-state index is 0.247. The second-order valence-corrected chi connectivity index (χ2v) is 5.79. The van der Waals surface area contributed by atoms with Gasteiger partial charge in [-0.25, -0.2) is 0 Å².